The highest BCUT2D eigenvalue weighted by Gasteiger charge is 2.46. The Kier molecular flexibility index (Phi) is 13.3. The smallest absolute Gasteiger partial charge is 0.119 e. The van der Waals surface area contributed by atoms with Gasteiger partial charge < -0.3 is 4.74 Å². The average Bonchev–Trinajstić information content (AvgIpc) is 3.45. The Morgan fingerprint density at radius 2 is 1.00 bits per heavy atom. The maximum absolute atomic E-state index is 6.28. The summed E-state index contributed by atoms with van der Waals surface area (Å²) in [7, 11) is 0. The zero-order valence-electron chi connectivity index (χ0n) is 33.8. The minimum Gasteiger partial charge on any atom is -0.494 e. The van der Waals surface area contributed by atoms with Gasteiger partial charge in [-0.05, 0) is 132 Å². The Labute approximate surface area is 322 Å². The Hall–Kier alpha value is -4.10. The fraction of sp³-hybridized carbons (Fsp3) is 0.423. The number of rotatable bonds is 19. The van der Waals surface area contributed by atoms with Crippen molar-refractivity contribution in [3.05, 3.63) is 147 Å². The summed E-state index contributed by atoms with van der Waals surface area (Å²) in [6, 6.07) is 38.1. The minimum atomic E-state index is -0.449. The van der Waals surface area contributed by atoms with Gasteiger partial charge in [0.25, 0.3) is 0 Å². The van der Waals surface area contributed by atoms with Crippen LogP contribution < -0.4 is 4.74 Å². The molecule has 5 aromatic carbocycles. The molecule has 1 aliphatic carbocycles. The van der Waals surface area contributed by atoms with Crippen molar-refractivity contribution in [2.75, 3.05) is 6.61 Å². The van der Waals surface area contributed by atoms with E-state index in [1.54, 1.807) is 0 Å². The number of benzene rings is 5. The molecule has 1 nitrogen and oxygen atoms in total. The van der Waals surface area contributed by atoms with E-state index in [4.69, 9.17) is 4.74 Å². The van der Waals surface area contributed by atoms with Gasteiger partial charge in [0.1, 0.15) is 5.75 Å². The number of aryl methyl sites for hydroxylation is 5. The first-order chi connectivity index (χ1) is 25.9. The van der Waals surface area contributed by atoms with Crippen molar-refractivity contribution in [1.82, 2.24) is 0 Å². The van der Waals surface area contributed by atoms with Gasteiger partial charge in [0.2, 0.25) is 0 Å². The van der Waals surface area contributed by atoms with Gasteiger partial charge in [-0.1, -0.05) is 169 Å². The van der Waals surface area contributed by atoms with Crippen LogP contribution in [0.4, 0.5) is 0 Å². The minimum absolute atomic E-state index is 0.449. The summed E-state index contributed by atoms with van der Waals surface area (Å²) in [5, 5.41) is 0. The molecule has 6 rings (SSSR count). The van der Waals surface area contributed by atoms with E-state index in [9.17, 15) is 0 Å². The van der Waals surface area contributed by atoms with E-state index in [0.717, 1.165) is 31.6 Å². The van der Waals surface area contributed by atoms with Crippen LogP contribution in [-0.4, -0.2) is 6.61 Å². The van der Waals surface area contributed by atoms with Crippen molar-refractivity contribution in [3.63, 3.8) is 0 Å². The first-order valence-electron chi connectivity index (χ1n) is 21.1. The standard InChI is InChI=1S/C52H64O/c1-7-10-13-16-19-41-36-49(42(35-40(41)6)20-17-14-11-8-2)43-24-32-48-47-31-23-39(5)34-50(47)52(51(48)37-43,44-25-21-38(4)22-26-44)45-27-29-46(30-28-45)53-33-18-15-12-9-3/h21-32,34-37H,7-20,33H2,1-6H3. The van der Waals surface area contributed by atoms with Crippen LogP contribution in [0.3, 0.4) is 0 Å². The number of ether oxygens (including phenoxy) is 1. The Morgan fingerprint density at radius 1 is 0.453 bits per heavy atom. The quantitative estimate of drug-likeness (QED) is 0.0763. The lowest BCUT2D eigenvalue weighted by Crippen LogP contribution is -2.28. The molecule has 1 unspecified atom stereocenters. The molecular weight excluding hydrogens is 641 g/mol. The van der Waals surface area contributed by atoms with Crippen molar-refractivity contribution < 1.29 is 4.74 Å². The van der Waals surface area contributed by atoms with Crippen LogP contribution in [-0.2, 0) is 18.3 Å². The topological polar surface area (TPSA) is 9.23 Å². The van der Waals surface area contributed by atoms with Crippen molar-refractivity contribution in [2.45, 2.75) is 137 Å². The molecule has 278 valence electrons. The average molecular weight is 705 g/mol. The van der Waals surface area contributed by atoms with Gasteiger partial charge in [-0.2, -0.15) is 0 Å². The number of hydrogen-bond donors (Lipinski definition) is 0. The van der Waals surface area contributed by atoms with Gasteiger partial charge in [0, 0.05) is 0 Å². The van der Waals surface area contributed by atoms with Gasteiger partial charge in [0.15, 0.2) is 0 Å². The van der Waals surface area contributed by atoms with E-state index in [1.165, 1.54) is 143 Å². The predicted octanol–water partition coefficient (Wildman–Crippen LogP) is 14.8. The van der Waals surface area contributed by atoms with Gasteiger partial charge in [-0.25, -0.2) is 0 Å². The van der Waals surface area contributed by atoms with Crippen molar-refractivity contribution >= 4 is 0 Å². The molecular formula is C52H64O. The summed E-state index contributed by atoms with van der Waals surface area (Å²) in [5.74, 6) is 0.958. The SMILES string of the molecule is CCCCCCOc1ccc(C2(c3ccc(C)cc3)c3cc(C)ccc3-c3ccc(-c4cc(CCCCCC)c(C)cc4CCCCCC)cc32)cc1. The molecule has 1 aliphatic rings. The largest absolute Gasteiger partial charge is 0.494 e. The van der Waals surface area contributed by atoms with Crippen LogP contribution >= 0.6 is 0 Å². The molecule has 0 amide bonds. The van der Waals surface area contributed by atoms with Crippen molar-refractivity contribution in [1.29, 1.82) is 0 Å². The molecule has 0 saturated carbocycles. The lowest BCUT2D eigenvalue weighted by atomic mass is 9.67. The Balaban J connectivity index is 1.51. The zero-order chi connectivity index (χ0) is 37.2. The van der Waals surface area contributed by atoms with E-state index in [1.807, 2.05) is 0 Å². The summed E-state index contributed by atoms with van der Waals surface area (Å²) in [6.45, 7) is 14.4. The molecule has 0 radical (unpaired) electrons. The maximum Gasteiger partial charge on any atom is 0.119 e. The second kappa shape index (κ2) is 18.3. The number of fused-ring (bicyclic) bond motifs is 3. The molecule has 0 heterocycles. The van der Waals surface area contributed by atoms with Crippen LogP contribution in [0.25, 0.3) is 22.3 Å². The number of unbranched alkanes of at least 4 members (excludes halogenated alkanes) is 9. The normalized spacial score (nSPS) is 14.7. The fourth-order valence-corrected chi connectivity index (χ4v) is 8.76. The summed E-state index contributed by atoms with van der Waals surface area (Å²) in [6.07, 6.45) is 17.4. The molecule has 1 atom stereocenters. The van der Waals surface area contributed by atoms with Gasteiger partial charge >= 0.3 is 0 Å². The van der Waals surface area contributed by atoms with E-state index < -0.39 is 5.41 Å². The Morgan fingerprint density at radius 3 is 1.64 bits per heavy atom. The number of hydrogen-bond acceptors (Lipinski definition) is 1. The predicted molar refractivity (Wildman–Crippen MR) is 229 cm³/mol. The lowest BCUT2D eigenvalue weighted by Gasteiger charge is -2.34. The van der Waals surface area contributed by atoms with Crippen LogP contribution in [0, 0.1) is 20.8 Å². The van der Waals surface area contributed by atoms with Crippen molar-refractivity contribution in [3.8, 4) is 28.0 Å². The van der Waals surface area contributed by atoms with Gasteiger partial charge in [-0.3, -0.25) is 0 Å². The van der Waals surface area contributed by atoms with Crippen LogP contribution in [0.15, 0.2) is 97.1 Å². The highest BCUT2D eigenvalue weighted by atomic mass is 16.5. The van der Waals surface area contributed by atoms with Crippen LogP contribution in [0.1, 0.15) is 148 Å². The maximum atomic E-state index is 6.28. The van der Waals surface area contributed by atoms with E-state index in [2.05, 4.69) is 139 Å². The second-order valence-electron chi connectivity index (χ2n) is 15.9. The first kappa shape index (κ1) is 38.6. The van der Waals surface area contributed by atoms with E-state index >= 15 is 0 Å². The summed E-state index contributed by atoms with van der Waals surface area (Å²) in [4.78, 5) is 0. The summed E-state index contributed by atoms with van der Waals surface area (Å²) in [5.41, 5.74) is 17.4. The van der Waals surface area contributed by atoms with Gasteiger partial charge in [-0.15, -0.1) is 0 Å². The summed E-state index contributed by atoms with van der Waals surface area (Å²) >= 11 is 0. The Bertz CT molecular complexity index is 1930. The molecule has 0 bridgehead atoms. The first-order valence-corrected chi connectivity index (χ1v) is 21.1. The molecule has 0 aromatic heterocycles. The van der Waals surface area contributed by atoms with Crippen molar-refractivity contribution in [2.24, 2.45) is 0 Å². The molecule has 53 heavy (non-hydrogen) atoms. The molecule has 5 aromatic rings. The third-order valence-electron chi connectivity index (χ3n) is 11.8. The molecule has 0 fully saturated rings. The monoisotopic (exact) mass is 704 g/mol. The van der Waals surface area contributed by atoms with Gasteiger partial charge in [0.05, 0.1) is 12.0 Å². The third kappa shape index (κ3) is 8.51. The van der Waals surface area contributed by atoms with Crippen LogP contribution in [0.5, 0.6) is 5.75 Å². The van der Waals surface area contributed by atoms with Crippen LogP contribution in [0.2, 0.25) is 0 Å². The zero-order valence-corrected chi connectivity index (χ0v) is 33.8. The van der Waals surface area contributed by atoms with E-state index in [0.29, 0.717) is 0 Å². The molecule has 0 N–H and O–H groups in total. The second-order valence-corrected chi connectivity index (χ2v) is 15.9. The summed E-state index contributed by atoms with van der Waals surface area (Å²) < 4.78 is 6.28. The highest BCUT2D eigenvalue weighted by molar-refractivity contribution is 5.89. The van der Waals surface area contributed by atoms with E-state index in [-0.39, 0.29) is 0 Å². The molecule has 1 heteroatoms. The molecule has 0 saturated heterocycles. The highest BCUT2D eigenvalue weighted by Crippen LogP contribution is 2.57. The fourth-order valence-electron chi connectivity index (χ4n) is 8.76. The third-order valence-corrected chi connectivity index (χ3v) is 11.8. The molecule has 0 spiro atoms. The molecule has 0 aliphatic heterocycles. The lowest BCUT2D eigenvalue weighted by molar-refractivity contribution is 0.305.